The maximum atomic E-state index is 13.0. The van der Waals surface area contributed by atoms with Gasteiger partial charge in [0, 0.05) is 11.3 Å². The highest BCUT2D eigenvalue weighted by Gasteiger charge is 2.43. The van der Waals surface area contributed by atoms with Crippen LogP contribution in [0.4, 0.5) is 0 Å². The van der Waals surface area contributed by atoms with E-state index in [9.17, 15) is 9.00 Å². The van der Waals surface area contributed by atoms with Gasteiger partial charge in [0.15, 0.2) is 0 Å². The lowest BCUT2D eigenvalue weighted by atomic mass is 9.80. The second-order valence-electron chi connectivity index (χ2n) is 8.48. The van der Waals surface area contributed by atoms with Crippen LogP contribution in [0.25, 0.3) is 0 Å². The molecule has 5 heteroatoms. The van der Waals surface area contributed by atoms with E-state index in [0.717, 1.165) is 16.7 Å². The summed E-state index contributed by atoms with van der Waals surface area (Å²) in [6.07, 6.45) is -0.148. The first-order valence-corrected chi connectivity index (χ1v) is 12.9. The van der Waals surface area contributed by atoms with E-state index < -0.39 is 33.7 Å². The van der Waals surface area contributed by atoms with E-state index in [4.69, 9.17) is 9.47 Å². The van der Waals surface area contributed by atoms with Crippen molar-refractivity contribution in [3.05, 3.63) is 138 Å². The molecule has 0 amide bonds. The Bertz CT molecular complexity index is 1180. The molecule has 5 rings (SSSR count). The van der Waals surface area contributed by atoms with Crippen molar-refractivity contribution in [3.8, 4) is 0 Å². The zero-order chi connectivity index (χ0) is 24.1. The molecule has 0 bridgehead atoms. The maximum absolute atomic E-state index is 13.0. The molecule has 1 aliphatic heterocycles. The molecule has 1 heterocycles. The first-order chi connectivity index (χ1) is 17.2. The molecule has 35 heavy (non-hydrogen) atoms. The summed E-state index contributed by atoms with van der Waals surface area (Å²) in [5.41, 5.74) is 2.04. The first kappa shape index (κ1) is 23.2. The molecule has 1 aliphatic rings. The second-order valence-corrected chi connectivity index (χ2v) is 10.1. The summed E-state index contributed by atoms with van der Waals surface area (Å²) < 4.78 is 25.5. The standard InChI is InChI=1S/C30H26O4S/c31-29-28(35(32)27-19-11-4-12-20-27)21-26(34-29)22-33-30(23-13-5-1-6-14-23,24-15-7-2-8-16-24)25-17-9-3-10-18-25/h1-20,26,28H,21-22H2/t26-,28?,35?/m0/s1. The number of benzene rings is 4. The number of esters is 1. The van der Waals surface area contributed by atoms with Gasteiger partial charge >= 0.3 is 5.97 Å². The third-order valence-corrected chi connectivity index (χ3v) is 7.92. The molecular weight excluding hydrogens is 456 g/mol. The summed E-state index contributed by atoms with van der Waals surface area (Å²) >= 11 is 0. The summed E-state index contributed by atoms with van der Waals surface area (Å²) in [7, 11) is -1.47. The summed E-state index contributed by atoms with van der Waals surface area (Å²) in [5, 5.41) is -0.703. The SMILES string of the molecule is O=C1O[C@H](COC(c2ccccc2)(c2ccccc2)c2ccccc2)CC1S(=O)c1ccccc1. The van der Waals surface area contributed by atoms with Gasteiger partial charge in [0.1, 0.15) is 17.0 Å². The van der Waals surface area contributed by atoms with Crippen LogP contribution in [0.2, 0.25) is 0 Å². The number of carbonyl (C=O) groups excluding carboxylic acids is 1. The van der Waals surface area contributed by atoms with E-state index in [1.807, 2.05) is 109 Å². The van der Waals surface area contributed by atoms with Crippen LogP contribution in [0, 0.1) is 0 Å². The monoisotopic (exact) mass is 482 g/mol. The quantitative estimate of drug-likeness (QED) is 0.246. The van der Waals surface area contributed by atoms with Crippen LogP contribution in [-0.4, -0.2) is 28.1 Å². The van der Waals surface area contributed by atoms with Gasteiger partial charge in [-0.25, -0.2) is 0 Å². The van der Waals surface area contributed by atoms with Gasteiger partial charge in [-0.05, 0) is 28.8 Å². The predicted molar refractivity (Wildman–Crippen MR) is 136 cm³/mol. The zero-order valence-corrected chi connectivity index (χ0v) is 20.0. The van der Waals surface area contributed by atoms with Gasteiger partial charge in [0.05, 0.1) is 17.4 Å². The Balaban J connectivity index is 1.46. The van der Waals surface area contributed by atoms with E-state index in [-0.39, 0.29) is 6.61 Å². The number of ether oxygens (including phenoxy) is 2. The van der Waals surface area contributed by atoms with Gasteiger partial charge in [-0.1, -0.05) is 109 Å². The van der Waals surface area contributed by atoms with Crippen molar-refractivity contribution in [1.82, 2.24) is 0 Å². The van der Waals surface area contributed by atoms with Crippen molar-refractivity contribution in [2.45, 2.75) is 28.3 Å². The normalized spacial score (nSPS) is 18.7. The molecule has 1 saturated heterocycles. The fraction of sp³-hybridized carbons (Fsp3) is 0.167. The van der Waals surface area contributed by atoms with E-state index in [0.29, 0.717) is 11.3 Å². The summed E-state index contributed by atoms with van der Waals surface area (Å²) in [4.78, 5) is 13.3. The Hall–Kier alpha value is -3.54. The number of cyclic esters (lactones) is 1. The average molecular weight is 483 g/mol. The lowest BCUT2D eigenvalue weighted by Gasteiger charge is -2.36. The molecule has 176 valence electrons. The van der Waals surface area contributed by atoms with Crippen LogP contribution in [0.1, 0.15) is 23.1 Å². The molecule has 2 unspecified atom stereocenters. The zero-order valence-electron chi connectivity index (χ0n) is 19.2. The van der Waals surface area contributed by atoms with Crippen LogP contribution in [-0.2, 0) is 30.7 Å². The highest BCUT2D eigenvalue weighted by molar-refractivity contribution is 7.86. The molecule has 4 aromatic rings. The van der Waals surface area contributed by atoms with Crippen LogP contribution < -0.4 is 0 Å². The van der Waals surface area contributed by atoms with Gasteiger partial charge in [0.2, 0.25) is 0 Å². The van der Waals surface area contributed by atoms with Crippen LogP contribution in [0.5, 0.6) is 0 Å². The van der Waals surface area contributed by atoms with Crippen molar-refractivity contribution in [2.24, 2.45) is 0 Å². The van der Waals surface area contributed by atoms with Crippen LogP contribution in [0.3, 0.4) is 0 Å². The molecule has 0 radical (unpaired) electrons. The number of carbonyl (C=O) groups is 1. The van der Waals surface area contributed by atoms with Crippen molar-refractivity contribution in [1.29, 1.82) is 0 Å². The molecule has 0 spiro atoms. The second kappa shape index (κ2) is 10.4. The van der Waals surface area contributed by atoms with E-state index >= 15 is 0 Å². The summed E-state index contributed by atoms with van der Waals surface area (Å²) in [6.45, 7) is 0.174. The van der Waals surface area contributed by atoms with Crippen molar-refractivity contribution in [3.63, 3.8) is 0 Å². The van der Waals surface area contributed by atoms with E-state index in [1.165, 1.54) is 0 Å². The highest BCUT2D eigenvalue weighted by atomic mass is 32.2. The van der Waals surface area contributed by atoms with Crippen molar-refractivity contribution in [2.75, 3.05) is 6.61 Å². The maximum Gasteiger partial charge on any atom is 0.322 e. The number of hydrogen-bond donors (Lipinski definition) is 0. The molecule has 4 aromatic carbocycles. The minimum Gasteiger partial charge on any atom is -0.459 e. The van der Waals surface area contributed by atoms with Gasteiger partial charge in [-0.15, -0.1) is 0 Å². The van der Waals surface area contributed by atoms with Gasteiger partial charge in [-0.3, -0.25) is 9.00 Å². The molecule has 0 N–H and O–H groups in total. The fourth-order valence-corrected chi connectivity index (χ4v) is 5.98. The van der Waals surface area contributed by atoms with Crippen molar-refractivity contribution >= 4 is 16.8 Å². The number of hydrogen-bond acceptors (Lipinski definition) is 4. The first-order valence-electron chi connectivity index (χ1n) is 11.6. The third kappa shape index (κ3) is 4.70. The Morgan fingerprint density at radius 1 is 0.714 bits per heavy atom. The van der Waals surface area contributed by atoms with Gasteiger partial charge < -0.3 is 9.47 Å². The molecule has 3 atom stereocenters. The molecule has 1 fully saturated rings. The third-order valence-electron chi connectivity index (χ3n) is 6.28. The van der Waals surface area contributed by atoms with E-state index in [2.05, 4.69) is 0 Å². The lowest BCUT2D eigenvalue weighted by Crippen LogP contribution is -2.35. The minimum absolute atomic E-state index is 0.174. The number of rotatable bonds is 8. The Morgan fingerprint density at radius 2 is 1.14 bits per heavy atom. The Labute approximate surface area is 208 Å². The summed E-state index contributed by atoms with van der Waals surface area (Å²) in [5.74, 6) is -0.439. The highest BCUT2D eigenvalue weighted by Crippen LogP contribution is 2.41. The van der Waals surface area contributed by atoms with Crippen LogP contribution >= 0.6 is 0 Å². The van der Waals surface area contributed by atoms with Gasteiger partial charge in [0.25, 0.3) is 0 Å². The molecule has 0 aliphatic carbocycles. The smallest absolute Gasteiger partial charge is 0.322 e. The largest absolute Gasteiger partial charge is 0.459 e. The lowest BCUT2D eigenvalue weighted by molar-refractivity contribution is -0.144. The fourth-order valence-electron chi connectivity index (χ4n) is 4.61. The van der Waals surface area contributed by atoms with Crippen LogP contribution in [0.15, 0.2) is 126 Å². The average Bonchev–Trinajstić information content (AvgIpc) is 3.31. The van der Waals surface area contributed by atoms with Gasteiger partial charge in [-0.2, -0.15) is 0 Å². The minimum atomic E-state index is -1.47. The Morgan fingerprint density at radius 3 is 1.60 bits per heavy atom. The molecular formula is C30H26O4S. The van der Waals surface area contributed by atoms with Crippen molar-refractivity contribution < 1.29 is 18.5 Å². The predicted octanol–water partition coefficient (Wildman–Crippen LogP) is 5.49. The Kier molecular flexibility index (Phi) is 6.89. The molecule has 4 nitrogen and oxygen atoms in total. The molecule has 0 saturated carbocycles. The van der Waals surface area contributed by atoms with E-state index in [1.54, 1.807) is 12.1 Å². The topological polar surface area (TPSA) is 52.6 Å². The molecule has 0 aromatic heterocycles. The summed E-state index contributed by atoms with van der Waals surface area (Å²) in [6, 6.07) is 39.3.